The number of halogens is 1. The Morgan fingerprint density at radius 2 is 1.90 bits per heavy atom. The van der Waals surface area contributed by atoms with Crippen molar-refractivity contribution >= 4 is 28.1 Å². The Hall–Kier alpha value is -3.56. The number of pyridine rings is 2. The average molecular weight is 405 g/mol. The first kappa shape index (κ1) is 18.5. The number of anilines is 3. The summed E-state index contributed by atoms with van der Waals surface area (Å²) in [5.41, 5.74) is 2.97. The molecule has 152 valence electrons. The van der Waals surface area contributed by atoms with Gasteiger partial charge >= 0.3 is 0 Å². The molecule has 0 aliphatic carbocycles. The van der Waals surface area contributed by atoms with Crippen molar-refractivity contribution in [1.82, 2.24) is 20.2 Å². The van der Waals surface area contributed by atoms with Gasteiger partial charge in [0.25, 0.3) is 0 Å². The highest BCUT2D eigenvalue weighted by atomic mass is 19.1. The van der Waals surface area contributed by atoms with Crippen molar-refractivity contribution in [2.75, 3.05) is 36.2 Å². The number of aromatic amines is 1. The van der Waals surface area contributed by atoms with E-state index in [1.165, 1.54) is 11.1 Å². The molecule has 0 bridgehead atoms. The molecule has 0 atom stereocenters. The largest absolute Gasteiger partial charge is 0.378 e. The van der Waals surface area contributed by atoms with Gasteiger partial charge in [0.1, 0.15) is 22.8 Å². The summed E-state index contributed by atoms with van der Waals surface area (Å²) in [6.45, 7) is 2.66. The minimum absolute atomic E-state index is 0.276. The molecule has 1 aromatic carbocycles. The molecule has 3 aromatic heterocycles. The lowest BCUT2D eigenvalue weighted by Crippen LogP contribution is -2.37. The summed E-state index contributed by atoms with van der Waals surface area (Å²) in [5, 5.41) is 9.10. The van der Waals surface area contributed by atoms with Crippen LogP contribution in [0.4, 0.5) is 21.6 Å². The number of ether oxygens (including phenoxy) is 1. The Balaban J connectivity index is 1.74. The fraction of sp³-hybridized carbons (Fsp3) is 0.190. The van der Waals surface area contributed by atoms with Gasteiger partial charge in [-0.15, -0.1) is 0 Å². The van der Waals surface area contributed by atoms with Crippen LogP contribution in [0.3, 0.4) is 0 Å². The topological polar surface area (TPSA) is 96.2 Å². The number of benzene rings is 1. The second-order valence-corrected chi connectivity index (χ2v) is 6.95. The summed E-state index contributed by atoms with van der Waals surface area (Å²) >= 11 is 0. The number of nitrogens with two attached hydrogens (primary N) is 1. The molecular formula is C21H20FN7O. The first-order chi connectivity index (χ1) is 14.7. The first-order valence-electron chi connectivity index (χ1n) is 9.64. The van der Waals surface area contributed by atoms with Gasteiger partial charge in [-0.2, -0.15) is 5.10 Å². The molecule has 9 heteroatoms. The van der Waals surface area contributed by atoms with E-state index in [4.69, 9.17) is 15.6 Å². The van der Waals surface area contributed by atoms with Crippen molar-refractivity contribution in [2.45, 2.75) is 0 Å². The first-order valence-corrected chi connectivity index (χ1v) is 9.64. The number of nitrogens with one attached hydrogen (secondary N) is 1. The van der Waals surface area contributed by atoms with E-state index in [9.17, 15) is 4.39 Å². The van der Waals surface area contributed by atoms with E-state index in [0.29, 0.717) is 43.2 Å². The summed E-state index contributed by atoms with van der Waals surface area (Å²) in [7, 11) is 0. The van der Waals surface area contributed by atoms with Gasteiger partial charge in [0, 0.05) is 36.9 Å². The molecule has 1 saturated heterocycles. The zero-order valence-electron chi connectivity index (χ0n) is 16.1. The van der Waals surface area contributed by atoms with Crippen LogP contribution >= 0.6 is 0 Å². The number of fused-ring (bicyclic) bond motifs is 1. The molecule has 8 nitrogen and oxygen atoms in total. The Labute approximate surface area is 172 Å². The molecule has 3 N–H and O–H groups in total. The van der Waals surface area contributed by atoms with Gasteiger partial charge in [0.2, 0.25) is 0 Å². The Morgan fingerprint density at radius 3 is 2.67 bits per heavy atom. The fourth-order valence-corrected chi connectivity index (χ4v) is 3.64. The van der Waals surface area contributed by atoms with E-state index in [0.717, 1.165) is 16.9 Å². The zero-order valence-corrected chi connectivity index (χ0v) is 16.1. The van der Waals surface area contributed by atoms with Gasteiger partial charge in [-0.3, -0.25) is 15.1 Å². The third-order valence-corrected chi connectivity index (χ3v) is 5.15. The van der Waals surface area contributed by atoms with Gasteiger partial charge in [0.15, 0.2) is 0 Å². The predicted molar refractivity (Wildman–Crippen MR) is 113 cm³/mol. The number of hydrazine groups is 1. The van der Waals surface area contributed by atoms with Crippen molar-refractivity contribution in [1.29, 1.82) is 0 Å². The van der Waals surface area contributed by atoms with Crippen LogP contribution in [0.5, 0.6) is 0 Å². The average Bonchev–Trinajstić information content (AvgIpc) is 3.33. The van der Waals surface area contributed by atoms with Gasteiger partial charge in [-0.25, -0.2) is 15.2 Å². The summed E-state index contributed by atoms with van der Waals surface area (Å²) in [6.07, 6.45) is 3.35. The van der Waals surface area contributed by atoms with Crippen molar-refractivity contribution in [3.63, 3.8) is 0 Å². The Kier molecular flexibility index (Phi) is 4.74. The predicted octanol–water partition coefficient (Wildman–Crippen LogP) is 3.01. The van der Waals surface area contributed by atoms with Crippen LogP contribution in [0, 0.1) is 5.82 Å². The molecular weight excluding hydrogens is 385 g/mol. The van der Waals surface area contributed by atoms with Gasteiger partial charge in [-0.1, -0.05) is 12.1 Å². The molecule has 5 rings (SSSR count). The number of hydrogen-bond acceptors (Lipinski definition) is 7. The SMILES string of the molecule is NN(c1ccccc1F)c1cc(N2CCOCC2)nc2c(-c3ccn[nH]3)nccc12. The summed E-state index contributed by atoms with van der Waals surface area (Å²) < 4.78 is 20.0. The molecule has 1 aliphatic rings. The number of morpholine rings is 1. The molecule has 0 spiro atoms. The standard InChI is InChI=1S/C21H20FN7O/c22-15-3-1-2-4-17(15)29(23)18-13-19(28-9-11-30-12-10-28)26-20-14(18)5-7-24-21(20)16-6-8-25-27-16/h1-8,13H,9-12,23H2,(H,25,27). The number of aromatic nitrogens is 4. The minimum atomic E-state index is -0.402. The smallest absolute Gasteiger partial charge is 0.148 e. The van der Waals surface area contributed by atoms with E-state index in [1.807, 2.05) is 18.2 Å². The highest BCUT2D eigenvalue weighted by molar-refractivity contribution is 6.01. The third kappa shape index (κ3) is 3.23. The van der Waals surface area contributed by atoms with Crippen LogP contribution < -0.4 is 15.8 Å². The molecule has 1 aliphatic heterocycles. The van der Waals surface area contributed by atoms with Crippen molar-refractivity contribution in [3.8, 4) is 11.4 Å². The van der Waals surface area contributed by atoms with Crippen LogP contribution in [0.2, 0.25) is 0 Å². The zero-order chi connectivity index (χ0) is 20.5. The van der Waals surface area contributed by atoms with Crippen molar-refractivity contribution < 1.29 is 9.13 Å². The number of H-pyrrole nitrogens is 1. The summed E-state index contributed by atoms with van der Waals surface area (Å²) in [5.74, 6) is 6.77. The molecule has 0 unspecified atom stereocenters. The summed E-state index contributed by atoms with van der Waals surface area (Å²) in [4.78, 5) is 11.5. The van der Waals surface area contributed by atoms with E-state index >= 15 is 0 Å². The molecule has 1 fully saturated rings. The van der Waals surface area contributed by atoms with Gasteiger partial charge in [-0.05, 0) is 24.3 Å². The lowest BCUT2D eigenvalue weighted by molar-refractivity contribution is 0.122. The second kappa shape index (κ2) is 7.69. The van der Waals surface area contributed by atoms with E-state index < -0.39 is 5.82 Å². The monoisotopic (exact) mass is 405 g/mol. The van der Waals surface area contributed by atoms with Crippen molar-refractivity contribution in [3.05, 3.63) is 60.7 Å². The van der Waals surface area contributed by atoms with Crippen LogP contribution in [0.15, 0.2) is 54.9 Å². The van der Waals surface area contributed by atoms with E-state index in [1.54, 1.807) is 30.6 Å². The third-order valence-electron chi connectivity index (χ3n) is 5.15. The van der Waals surface area contributed by atoms with Crippen LogP contribution in [0.1, 0.15) is 0 Å². The highest BCUT2D eigenvalue weighted by Crippen LogP contribution is 2.36. The quantitative estimate of drug-likeness (QED) is 0.398. The van der Waals surface area contributed by atoms with E-state index in [2.05, 4.69) is 20.1 Å². The second-order valence-electron chi connectivity index (χ2n) is 6.95. The summed E-state index contributed by atoms with van der Waals surface area (Å²) in [6, 6.07) is 12.0. The maximum Gasteiger partial charge on any atom is 0.148 e. The fourth-order valence-electron chi connectivity index (χ4n) is 3.64. The lowest BCUT2D eigenvalue weighted by atomic mass is 10.1. The lowest BCUT2D eigenvalue weighted by Gasteiger charge is -2.30. The van der Waals surface area contributed by atoms with Crippen LogP contribution in [-0.4, -0.2) is 46.5 Å². The number of rotatable bonds is 4. The maximum atomic E-state index is 14.5. The van der Waals surface area contributed by atoms with E-state index in [-0.39, 0.29) is 5.69 Å². The molecule has 30 heavy (non-hydrogen) atoms. The normalized spacial score (nSPS) is 14.3. The molecule has 0 radical (unpaired) electrons. The van der Waals surface area contributed by atoms with Crippen molar-refractivity contribution in [2.24, 2.45) is 5.84 Å². The highest BCUT2D eigenvalue weighted by Gasteiger charge is 2.21. The van der Waals surface area contributed by atoms with Gasteiger partial charge < -0.3 is 9.64 Å². The van der Waals surface area contributed by atoms with Crippen LogP contribution in [0.25, 0.3) is 22.3 Å². The number of hydrogen-bond donors (Lipinski definition) is 2. The molecule has 4 heterocycles. The Bertz CT molecular complexity index is 1180. The number of nitrogens with zero attached hydrogens (tertiary/aromatic N) is 5. The Morgan fingerprint density at radius 1 is 1.07 bits per heavy atom. The molecule has 0 amide bonds. The van der Waals surface area contributed by atoms with Crippen LogP contribution in [-0.2, 0) is 4.74 Å². The minimum Gasteiger partial charge on any atom is -0.378 e. The van der Waals surface area contributed by atoms with Gasteiger partial charge in [0.05, 0.1) is 30.3 Å². The molecule has 4 aromatic rings. The molecule has 0 saturated carbocycles. The maximum absolute atomic E-state index is 14.5. The number of para-hydroxylation sites is 1.